The van der Waals surface area contributed by atoms with E-state index in [0.29, 0.717) is 16.2 Å². The smallest absolute Gasteiger partial charge is 0.266 e. The number of carboxylic acids is 1. The summed E-state index contributed by atoms with van der Waals surface area (Å²) >= 11 is 6.04. The molecule has 1 fully saturated rings. The minimum atomic E-state index is -1.37. The third kappa shape index (κ3) is 3.67. The fourth-order valence-corrected chi connectivity index (χ4v) is 3.00. The zero-order valence-corrected chi connectivity index (χ0v) is 12.9. The normalized spacial score (nSPS) is 16.0. The van der Waals surface area contributed by atoms with Crippen molar-refractivity contribution < 1.29 is 19.4 Å². The lowest BCUT2D eigenvalue weighted by Gasteiger charge is -2.14. The fraction of sp³-hybridized carbons (Fsp3) is 0.133. The maximum Gasteiger partial charge on any atom is 0.266 e. The summed E-state index contributed by atoms with van der Waals surface area (Å²) in [7, 11) is 0. The third-order valence-electron chi connectivity index (χ3n) is 2.68. The molecule has 1 aromatic carbocycles. The number of ether oxygens (including phenoxy) is 1. The first-order valence-corrected chi connectivity index (χ1v) is 7.36. The Morgan fingerprint density at radius 3 is 2.91 bits per heavy atom. The largest absolute Gasteiger partial charge is 0.548 e. The summed E-state index contributed by atoms with van der Waals surface area (Å²) in [4.78, 5) is 24.1. The molecule has 0 atom stereocenters. The Labute approximate surface area is 136 Å². The average Bonchev–Trinajstić information content (AvgIpc) is 2.73. The van der Waals surface area contributed by atoms with Crippen molar-refractivity contribution in [3.8, 4) is 18.1 Å². The van der Waals surface area contributed by atoms with E-state index < -0.39 is 18.4 Å². The second-order valence-corrected chi connectivity index (χ2v) is 5.85. The van der Waals surface area contributed by atoms with Crippen LogP contribution in [-0.4, -0.2) is 34.2 Å². The first-order valence-electron chi connectivity index (χ1n) is 6.13. The van der Waals surface area contributed by atoms with E-state index in [1.165, 1.54) is 0 Å². The number of para-hydroxylation sites is 1. The summed E-state index contributed by atoms with van der Waals surface area (Å²) in [6.45, 7) is -0.451. The van der Waals surface area contributed by atoms with Gasteiger partial charge < -0.3 is 14.6 Å². The van der Waals surface area contributed by atoms with E-state index in [0.717, 1.165) is 16.7 Å². The van der Waals surface area contributed by atoms with Crippen LogP contribution in [0, 0.1) is 12.3 Å². The van der Waals surface area contributed by atoms with Crippen molar-refractivity contribution >= 4 is 46.3 Å². The molecule has 2 rings (SSSR count). The van der Waals surface area contributed by atoms with E-state index in [1.54, 1.807) is 30.3 Å². The monoisotopic (exact) mass is 332 g/mol. The molecule has 7 heteroatoms. The average molecular weight is 332 g/mol. The molecular weight excluding hydrogens is 322 g/mol. The highest BCUT2D eigenvalue weighted by atomic mass is 32.2. The van der Waals surface area contributed by atoms with Gasteiger partial charge in [0.2, 0.25) is 0 Å². The predicted octanol–water partition coefficient (Wildman–Crippen LogP) is 0.650. The number of carboxylic acid groups (broad SMARTS) is 1. The first kappa shape index (κ1) is 16.1. The number of amides is 1. The third-order valence-corrected chi connectivity index (χ3v) is 4.06. The van der Waals surface area contributed by atoms with Gasteiger partial charge in [-0.15, -0.1) is 6.42 Å². The molecule has 0 N–H and O–H groups in total. The van der Waals surface area contributed by atoms with Crippen molar-refractivity contribution in [2.75, 3.05) is 13.2 Å². The molecule has 1 aliphatic rings. The van der Waals surface area contributed by atoms with Crippen LogP contribution in [0.15, 0.2) is 29.2 Å². The number of thioether (sulfide) groups is 1. The summed E-state index contributed by atoms with van der Waals surface area (Å²) in [6, 6.07) is 7.06. The fourth-order valence-electron chi connectivity index (χ4n) is 1.76. The van der Waals surface area contributed by atoms with Gasteiger partial charge in [0.15, 0.2) is 0 Å². The lowest BCUT2D eigenvalue weighted by atomic mass is 10.2. The molecule has 112 valence electrons. The van der Waals surface area contributed by atoms with Gasteiger partial charge in [-0.05, 0) is 12.1 Å². The molecule has 1 heterocycles. The van der Waals surface area contributed by atoms with Crippen molar-refractivity contribution in [2.45, 2.75) is 0 Å². The van der Waals surface area contributed by atoms with E-state index in [1.807, 2.05) is 0 Å². The molecule has 5 nitrogen and oxygen atoms in total. The molecular formula is C15H10NO4S2-. The van der Waals surface area contributed by atoms with Crippen LogP contribution in [-0.2, 0) is 9.59 Å². The Kier molecular flexibility index (Phi) is 5.20. The maximum absolute atomic E-state index is 12.2. The number of rotatable bonds is 5. The SMILES string of the molecule is C#CCOc1ccccc1/C=C1/SC(=S)N(CC(=O)[O-])C1=O. The minimum Gasteiger partial charge on any atom is -0.548 e. The number of hydrogen-bond acceptors (Lipinski definition) is 6. The zero-order chi connectivity index (χ0) is 16.1. The van der Waals surface area contributed by atoms with Crippen LogP contribution >= 0.6 is 24.0 Å². The molecule has 1 amide bonds. The van der Waals surface area contributed by atoms with Gasteiger partial charge in [0, 0.05) is 5.56 Å². The Hall–Kier alpha value is -2.30. The summed E-state index contributed by atoms with van der Waals surface area (Å²) in [5, 5.41) is 10.7. The number of terminal acetylenes is 1. The number of benzene rings is 1. The number of carbonyl (C=O) groups excluding carboxylic acids is 2. The van der Waals surface area contributed by atoms with Gasteiger partial charge in [-0.2, -0.15) is 0 Å². The number of hydrogen-bond donors (Lipinski definition) is 0. The Morgan fingerprint density at radius 2 is 2.23 bits per heavy atom. The van der Waals surface area contributed by atoms with Crippen LogP contribution in [0.2, 0.25) is 0 Å². The predicted molar refractivity (Wildman–Crippen MR) is 85.7 cm³/mol. The van der Waals surface area contributed by atoms with Gasteiger partial charge in [-0.25, -0.2) is 0 Å². The standard InChI is InChI=1S/C15H11NO4S2/c1-2-7-20-11-6-4-3-5-10(11)8-12-14(19)16(9-13(17)18)15(21)22-12/h1,3-6,8H,7,9H2,(H,17,18)/p-1/b12-8+. The first-order chi connectivity index (χ1) is 10.5. The molecule has 0 aromatic heterocycles. The van der Waals surface area contributed by atoms with Crippen LogP contribution in [0.3, 0.4) is 0 Å². The topological polar surface area (TPSA) is 69.7 Å². The van der Waals surface area contributed by atoms with Gasteiger partial charge in [0.25, 0.3) is 5.91 Å². The van der Waals surface area contributed by atoms with Crippen LogP contribution in [0.1, 0.15) is 5.56 Å². The van der Waals surface area contributed by atoms with Crippen LogP contribution < -0.4 is 9.84 Å². The Bertz CT molecular complexity index is 706. The van der Waals surface area contributed by atoms with E-state index in [-0.39, 0.29) is 10.9 Å². The Morgan fingerprint density at radius 1 is 1.50 bits per heavy atom. The van der Waals surface area contributed by atoms with Crippen LogP contribution in [0.25, 0.3) is 6.08 Å². The number of carbonyl (C=O) groups is 2. The summed E-state index contributed by atoms with van der Waals surface area (Å²) in [6.07, 6.45) is 6.76. The molecule has 0 spiro atoms. The van der Waals surface area contributed by atoms with Gasteiger partial charge in [-0.3, -0.25) is 9.69 Å². The van der Waals surface area contributed by atoms with Crippen molar-refractivity contribution in [1.29, 1.82) is 0 Å². The van der Waals surface area contributed by atoms with E-state index in [4.69, 9.17) is 23.4 Å². The highest BCUT2D eigenvalue weighted by Crippen LogP contribution is 2.33. The molecule has 1 aromatic rings. The molecule has 22 heavy (non-hydrogen) atoms. The molecule has 0 saturated carbocycles. The zero-order valence-electron chi connectivity index (χ0n) is 11.3. The highest BCUT2D eigenvalue weighted by molar-refractivity contribution is 8.26. The summed E-state index contributed by atoms with van der Waals surface area (Å²) < 4.78 is 5.58. The number of aliphatic carboxylic acids is 1. The van der Waals surface area contributed by atoms with Crippen molar-refractivity contribution in [2.24, 2.45) is 0 Å². The molecule has 0 aliphatic carbocycles. The van der Waals surface area contributed by atoms with E-state index in [9.17, 15) is 14.7 Å². The second kappa shape index (κ2) is 7.11. The molecule has 0 bridgehead atoms. The number of thiocarbonyl (C=S) groups is 1. The van der Waals surface area contributed by atoms with Gasteiger partial charge in [0.1, 0.15) is 16.7 Å². The van der Waals surface area contributed by atoms with Gasteiger partial charge in [-0.1, -0.05) is 48.1 Å². The second-order valence-electron chi connectivity index (χ2n) is 4.17. The van der Waals surface area contributed by atoms with E-state index in [2.05, 4.69) is 5.92 Å². The highest BCUT2D eigenvalue weighted by Gasteiger charge is 2.32. The summed E-state index contributed by atoms with van der Waals surface area (Å²) in [5.74, 6) is 1.07. The Balaban J connectivity index is 2.27. The number of nitrogens with zero attached hydrogens (tertiary/aromatic N) is 1. The van der Waals surface area contributed by atoms with Crippen LogP contribution in [0.5, 0.6) is 5.75 Å². The molecule has 0 unspecified atom stereocenters. The minimum absolute atomic E-state index is 0.108. The van der Waals surface area contributed by atoms with Crippen molar-refractivity contribution in [1.82, 2.24) is 4.90 Å². The van der Waals surface area contributed by atoms with Gasteiger partial charge in [0.05, 0.1) is 17.4 Å². The van der Waals surface area contributed by atoms with Gasteiger partial charge >= 0.3 is 0 Å². The van der Waals surface area contributed by atoms with Crippen molar-refractivity contribution in [3.63, 3.8) is 0 Å². The van der Waals surface area contributed by atoms with E-state index >= 15 is 0 Å². The lowest BCUT2D eigenvalue weighted by molar-refractivity contribution is -0.305. The maximum atomic E-state index is 12.2. The molecule has 1 saturated heterocycles. The quantitative estimate of drug-likeness (QED) is 0.448. The molecule has 0 radical (unpaired) electrons. The molecule has 1 aliphatic heterocycles. The summed E-state index contributed by atoms with van der Waals surface area (Å²) in [5.41, 5.74) is 0.659. The van der Waals surface area contributed by atoms with Crippen LogP contribution in [0.4, 0.5) is 0 Å². The van der Waals surface area contributed by atoms with Crippen molar-refractivity contribution in [3.05, 3.63) is 34.7 Å². The lowest BCUT2D eigenvalue weighted by Crippen LogP contribution is -2.40.